The summed E-state index contributed by atoms with van der Waals surface area (Å²) in [5, 5.41) is 8.93. The van der Waals surface area contributed by atoms with E-state index in [1.165, 1.54) is 6.07 Å². The normalized spacial score (nSPS) is 22.8. The van der Waals surface area contributed by atoms with Gasteiger partial charge in [0.25, 0.3) is 0 Å². The van der Waals surface area contributed by atoms with Crippen LogP contribution < -0.4 is 0 Å². The molecule has 2 heterocycles. The highest BCUT2D eigenvalue weighted by molar-refractivity contribution is 5.43. The lowest BCUT2D eigenvalue weighted by Crippen LogP contribution is -2.20. The summed E-state index contributed by atoms with van der Waals surface area (Å²) in [5.41, 5.74) is 1.39. The van der Waals surface area contributed by atoms with Gasteiger partial charge in [-0.05, 0) is 42.8 Å². The highest BCUT2D eigenvalue weighted by atomic mass is 19.4. The molecule has 0 bridgehead atoms. The summed E-state index contributed by atoms with van der Waals surface area (Å²) in [5.74, 6) is 0.00245. The quantitative estimate of drug-likeness (QED) is 0.841. The molecule has 6 heteroatoms. The Labute approximate surface area is 127 Å². The molecule has 1 aromatic rings. The highest BCUT2D eigenvalue weighted by Crippen LogP contribution is 2.38. The van der Waals surface area contributed by atoms with Crippen LogP contribution in [0.3, 0.4) is 0 Å². The minimum absolute atomic E-state index is 0.00245. The number of likely N-dealkylation sites (tertiary alicyclic amines) is 1. The molecule has 0 saturated carbocycles. The van der Waals surface area contributed by atoms with Gasteiger partial charge in [0.2, 0.25) is 0 Å². The predicted octanol–water partition coefficient (Wildman–Crippen LogP) is 3.00. The van der Waals surface area contributed by atoms with Gasteiger partial charge in [0.05, 0.1) is 17.6 Å². The first-order valence-corrected chi connectivity index (χ1v) is 7.39. The number of rotatable bonds is 2. The molecule has 0 amide bonds. The number of nitriles is 1. The van der Waals surface area contributed by atoms with Gasteiger partial charge in [-0.1, -0.05) is 6.07 Å². The van der Waals surface area contributed by atoms with Crippen molar-refractivity contribution in [2.24, 2.45) is 5.92 Å². The molecule has 118 valence electrons. The molecule has 1 fully saturated rings. The van der Waals surface area contributed by atoms with Gasteiger partial charge >= 0.3 is 6.18 Å². The van der Waals surface area contributed by atoms with E-state index >= 15 is 0 Å². The maximum absolute atomic E-state index is 13.3. The van der Waals surface area contributed by atoms with Crippen molar-refractivity contribution in [2.75, 3.05) is 20.1 Å². The molecule has 0 N–H and O–H groups in total. The first kappa shape index (κ1) is 15.3. The maximum atomic E-state index is 13.3. The molecule has 3 nitrogen and oxygen atoms in total. The van der Waals surface area contributed by atoms with E-state index in [1.807, 2.05) is 18.0 Å². The molecule has 2 aliphatic heterocycles. The van der Waals surface area contributed by atoms with Crippen molar-refractivity contribution in [2.45, 2.75) is 32.2 Å². The molecule has 0 aromatic heterocycles. The van der Waals surface area contributed by atoms with Crippen LogP contribution in [0.4, 0.5) is 13.2 Å². The monoisotopic (exact) mass is 309 g/mol. The highest BCUT2D eigenvalue weighted by Gasteiger charge is 2.37. The second kappa shape index (κ2) is 5.56. The van der Waals surface area contributed by atoms with Gasteiger partial charge in [0.1, 0.15) is 0 Å². The Hall–Kier alpha value is -1.58. The van der Waals surface area contributed by atoms with E-state index in [0.717, 1.165) is 18.5 Å². The number of benzene rings is 1. The Balaban J connectivity index is 1.87. The van der Waals surface area contributed by atoms with Gasteiger partial charge in [-0.25, -0.2) is 0 Å². The summed E-state index contributed by atoms with van der Waals surface area (Å²) >= 11 is 0. The maximum Gasteiger partial charge on any atom is 0.416 e. The molecule has 0 spiro atoms. The third-order valence-corrected chi connectivity index (χ3v) is 4.44. The largest absolute Gasteiger partial charge is 0.416 e. The minimum atomic E-state index is -4.31. The van der Waals surface area contributed by atoms with Gasteiger partial charge < -0.3 is 0 Å². The SMILES string of the molecule is CN1Cc2cc(CN3CCC(C#N)C3)cc(C(F)(F)F)c2C1. The molecule has 1 aromatic carbocycles. The number of fused-ring (bicyclic) bond motifs is 1. The summed E-state index contributed by atoms with van der Waals surface area (Å²) < 4.78 is 39.9. The number of hydrogen-bond acceptors (Lipinski definition) is 3. The Morgan fingerprint density at radius 2 is 2.09 bits per heavy atom. The first-order valence-electron chi connectivity index (χ1n) is 7.39. The third-order valence-electron chi connectivity index (χ3n) is 4.44. The van der Waals surface area contributed by atoms with E-state index < -0.39 is 11.7 Å². The van der Waals surface area contributed by atoms with Crippen molar-refractivity contribution >= 4 is 0 Å². The first-order chi connectivity index (χ1) is 10.4. The van der Waals surface area contributed by atoms with Crippen LogP contribution in [0.1, 0.15) is 28.7 Å². The predicted molar refractivity (Wildman–Crippen MR) is 75.6 cm³/mol. The standard InChI is InChI=1S/C16H18F3N3/c1-21-9-13-4-12(8-22-3-2-11(6-20)7-22)5-15(14(13)10-21)16(17,18)19/h4-5,11H,2-3,7-10H2,1H3. The van der Waals surface area contributed by atoms with E-state index in [9.17, 15) is 13.2 Å². The second-order valence-electron chi connectivity index (χ2n) is 6.30. The van der Waals surface area contributed by atoms with Crippen molar-refractivity contribution in [3.8, 4) is 6.07 Å². The van der Waals surface area contributed by atoms with Gasteiger partial charge in [-0.2, -0.15) is 18.4 Å². The third kappa shape index (κ3) is 2.96. The van der Waals surface area contributed by atoms with Crippen molar-refractivity contribution < 1.29 is 13.2 Å². The van der Waals surface area contributed by atoms with Crippen LogP contribution in [0.25, 0.3) is 0 Å². The van der Waals surface area contributed by atoms with E-state index in [1.54, 1.807) is 0 Å². The van der Waals surface area contributed by atoms with E-state index in [2.05, 4.69) is 11.0 Å². The Bertz CT molecular complexity index is 618. The zero-order valence-corrected chi connectivity index (χ0v) is 12.5. The number of nitrogens with zero attached hydrogens (tertiary/aromatic N) is 3. The van der Waals surface area contributed by atoms with Crippen LogP contribution in [0.15, 0.2) is 12.1 Å². The van der Waals surface area contributed by atoms with Crippen molar-refractivity contribution in [3.05, 3.63) is 34.4 Å². The van der Waals surface area contributed by atoms with Gasteiger partial charge in [-0.3, -0.25) is 9.80 Å². The molecule has 2 aliphatic rings. The van der Waals surface area contributed by atoms with Crippen LogP contribution in [-0.4, -0.2) is 29.9 Å². The summed E-state index contributed by atoms with van der Waals surface area (Å²) in [6, 6.07) is 5.42. The molecule has 3 rings (SSSR count). The number of alkyl halides is 3. The zero-order valence-electron chi connectivity index (χ0n) is 12.5. The average molecular weight is 309 g/mol. The van der Waals surface area contributed by atoms with E-state index in [4.69, 9.17) is 5.26 Å². The number of halogens is 3. The lowest BCUT2D eigenvalue weighted by molar-refractivity contribution is -0.138. The topological polar surface area (TPSA) is 30.3 Å². The molecule has 1 saturated heterocycles. The smallest absolute Gasteiger partial charge is 0.298 e. The van der Waals surface area contributed by atoms with Crippen LogP contribution in [0.2, 0.25) is 0 Å². The van der Waals surface area contributed by atoms with Crippen molar-refractivity contribution in [1.82, 2.24) is 9.80 Å². The molecular formula is C16H18F3N3. The summed E-state index contributed by atoms with van der Waals surface area (Å²) in [6.07, 6.45) is -3.51. The van der Waals surface area contributed by atoms with E-state index in [-0.39, 0.29) is 5.92 Å². The fraction of sp³-hybridized carbons (Fsp3) is 0.562. The van der Waals surface area contributed by atoms with Gasteiger partial charge in [-0.15, -0.1) is 0 Å². The van der Waals surface area contributed by atoms with E-state index in [0.29, 0.717) is 37.3 Å². The van der Waals surface area contributed by atoms with Crippen LogP contribution >= 0.6 is 0 Å². The average Bonchev–Trinajstić information content (AvgIpc) is 3.02. The molecule has 1 atom stereocenters. The fourth-order valence-corrected chi connectivity index (χ4v) is 3.43. The van der Waals surface area contributed by atoms with Gasteiger partial charge in [0.15, 0.2) is 0 Å². The molecule has 22 heavy (non-hydrogen) atoms. The Kier molecular flexibility index (Phi) is 3.87. The molecule has 0 aliphatic carbocycles. The Morgan fingerprint density at radius 1 is 1.32 bits per heavy atom. The number of hydrogen-bond donors (Lipinski definition) is 0. The van der Waals surface area contributed by atoms with Crippen LogP contribution in [0, 0.1) is 17.2 Å². The molecule has 1 unspecified atom stereocenters. The zero-order chi connectivity index (χ0) is 15.9. The molecule has 0 radical (unpaired) electrons. The Morgan fingerprint density at radius 3 is 2.73 bits per heavy atom. The fourth-order valence-electron chi connectivity index (χ4n) is 3.43. The lowest BCUT2D eigenvalue weighted by atomic mass is 9.99. The molecular weight excluding hydrogens is 291 g/mol. The van der Waals surface area contributed by atoms with Crippen LogP contribution in [0.5, 0.6) is 0 Å². The van der Waals surface area contributed by atoms with Crippen molar-refractivity contribution in [3.63, 3.8) is 0 Å². The minimum Gasteiger partial charge on any atom is -0.298 e. The van der Waals surface area contributed by atoms with Crippen molar-refractivity contribution in [1.29, 1.82) is 5.26 Å². The summed E-state index contributed by atoms with van der Waals surface area (Å²) in [7, 11) is 1.83. The second-order valence-corrected chi connectivity index (χ2v) is 6.30. The van der Waals surface area contributed by atoms with Gasteiger partial charge in [0, 0.05) is 26.2 Å². The summed E-state index contributed by atoms with van der Waals surface area (Å²) in [6.45, 7) is 2.82. The van der Waals surface area contributed by atoms with Crippen LogP contribution in [-0.2, 0) is 25.8 Å². The summed E-state index contributed by atoms with van der Waals surface area (Å²) in [4.78, 5) is 3.96. The lowest BCUT2D eigenvalue weighted by Gasteiger charge is -2.18.